The van der Waals surface area contributed by atoms with Gasteiger partial charge in [-0.15, -0.1) is 0 Å². The monoisotopic (exact) mass is 357 g/mol. The molecule has 0 radical (unpaired) electrons. The molecular weight excluding hydrogens is 334 g/mol. The number of rotatable bonds is 8. The van der Waals surface area contributed by atoms with E-state index in [2.05, 4.69) is 5.32 Å². The molecule has 0 fully saturated rings. The molecule has 0 spiro atoms. The number of ether oxygens (including phenoxy) is 2. The quantitative estimate of drug-likeness (QED) is 0.747. The minimum Gasteiger partial charge on any atom is -0.484 e. The largest absolute Gasteiger partial charge is 0.484 e. The number of hydrogen-bond donors (Lipinski definition) is 2. The zero-order chi connectivity index (χ0) is 18.3. The third-order valence-corrected chi connectivity index (χ3v) is 3.31. The predicted octanol–water partition coefficient (Wildman–Crippen LogP) is 2.80. The van der Waals surface area contributed by atoms with Gasteiger partial charge in [0.05, 0.1) is 5.60 Å². The van der Waals surface area contributed by atoms with Crippen LogP contribution in [0.4, 0.5) is 0 Å². The summed E-state index contributed by atoms with van der Waals surface area (Å²) in [6, 6.07) is 4.02. The summed E-state index contributed by atoms with van der Waals surface area (Å²) in [7, 11) is 0. The van der Waals surface area contributed by atoms with Crippen molar-refractivity contribution in [3.63, 3.8) is 0 Å². The third kappa shape index (κ3) is 7.66. The summed E-state index contributed by atoms with van der Waals surface area (Å²) >= 11 is 5.85. The lowest BCUT2D eigenvalue weighted by molar-refractivity contribution is -0.143. The molecule has 7 heteroatoms. The molecule has 1 rings (SSSR count). The average Bonchev–Trinajstić information content (AvgIpc) is 2.43. The number of aryl methyl sites for hydroxylation is 1. The van der Waals surface area contributed by atoms with Gasteiger partial charge in [-0.3, -0.25) is 4.79 Å². The average molecular weight is 358 g/mol. The Bertz CT molecular complexity index is 583. The molecule has 0 bridgehead atoms. The molecular formula is C17H24ClNO5. The van der Waals surface area contributed by atoms with Crippen LogP contribution in [0.3, 0.4) is 0 Å². The van der Waals surface area contributed by atoms with Gasteiger partial charge in [-0.1, -0.05) is 11.6 Å². The lowest BCUT2D eigenvalue weighted by Crippen LogP contribution is -2.44. The van der Waals surface area contributed by atoms with E-state index in [1.807, 2.05) is 27.7 Å². The summed E-state index contributed by atoms with van der Waals surface area (Å²) in [6.07, 6.45) is 0.179. The maximum atomic E-state index is 11.9. The Hall–Kier alpha value is -1.79. The molecule has 24 heavy (non-hydrogen) atoms. The number of amides is 1. The van der Waals surface area contributed by atoms with Gasteiger partial charge in [0.2, 0.25) is 0 Å². The van der Waals surface area contributed by atoms with Crippen LogP contribution in [0.25, 0.3) is 0 Å². The SMILES string of the molecule is Cc1cc(Cl)ccc1OCC(=O)NC(CCOC(C)(C)C)C(=O)O. The van der Waals surface area contributed by atoms with Crippen molar-refractivity contribution in [3.05, 3.63) is 28.8 Å². The first-order valence-electron chi connectivity index (χ1n) is 7.63. The van der Waals surface area contributed by atoms with Crippen molar-refractivity contribution in [1.82, 2.24) is 5.32 Å². The Balaban J connectivity index is 2.49. The van der Waals surface area contributed by atoms with Crippen molar-refractivity contribution < 1.29 is 24.2 Å². The molecule has 0 aliphatic heterocycles. The first kappa shape index (κ1) is 20.3. The van der Waals surface area contributed by atoms with Crippen LogP contribution in [0, 0.1) is 6.92 Å². The molecule has 0 aliphatic rings. The molecule has 1 atom stereocenters. The van der Waals surface area contributed by atoms with Gasteiger partial charge in [-0.2, -0.15) is 0 Å². The Labute approximate surface area is 147 Å². The lowest BCUT2D eigenvalue weighted by Gasteiger charge is -2.21. The van der Waals surface area contributed by atoms with E-state index in [0.29, 0.717) is 10.8 Å². The number of benzene rings is 1. The minimum atomic E-state index is -1.11. The summed E-state index contributed by atoms with van der Waals surface area (Å²) in [4.78, 5) is 23.1. The number of carboxylic acid groups (broad SMARTS) is 1. The van der Waals surface area contributed by atoms with Gasteiger partial charge >= 0.3 is 5.97 Å². The molecule has 0 saturated carbocycles. The maximum absolute atomic E-state index is 11.9. The fourth-order valence-corrected chi connectivity index (χ4v) is 2.12. The van der Waals surface area contributed by atoms with E-state index in [0.717, 1.165) is 5.56 Å². The molecule has 6 nitrogen and oxygen atoms in total. The molecule has 0 saturated heterocycles. The highest BCUT2D eigenvalue weighted by Crippen LogP contribution is 2.21. The molecule has 2 N–H and O–H groups in total. The van der Waals surface area contributed by atoms with Crippen molar-refractivity contribution in [1.29, 1.82) is 0 Å². The van der Waals surface area contributed by atoms with E-state index in [9.17, 15) is 14.7 Å². The zero-order valence-electron chi connectivity index (χ0n) is 14.4. The number of hydrogen-bond acceptors (Lipinski definition) is 4. The Morgan fingerprint density at radius 3 is 2.54 bits per heavy atom. The van der Waals surface area contributed by atoms with Crippen LogP contribution in [-0.2, 0) is 14.3 Å². The maximum Gasteiger partial charge on any atom is 0.326 e. The standard InChI is InChI=1S/C17H24ClNO5/c1-11-9-12(18)5-6-14(11)23-10-15(20)19-13(16(21)22)7-8-24-17(2,3)4/h5-6,9,13H,7-8,10H2,1-4H3,(H,19,20)(H,21,22). The summed E-state index contributed by atoms with van der Waals surface area (Å²) in [5, 5.41) is 12.2. The topological polar surface area (TPSA) is 84.9 Å². The van der Waals surface area contributed by atoms with Gasteiger partial charge in [0.15, 0.2) is 6.61 Å². The van der Waals surface area contributed by atoms with E-state index >= 15 is 0 Å². The van der Waals surface area contributed by atoms with Gasteiger partial charge in [-0.25, -0.2) is 4.79 Å². The normalized spacial score (nSPS) is 12.5. The molecule has 1 unspecified atom stereocenters. The number of halogens is 1. The highest BCUT2D eigenvalue weighted by molar-refractivity contribution is 6.30. The second-order valence-electron chi connectivity index (χ2n) is 6.41. The number of nitrogens with one attached hydrogen (secondary N) is 1. The minimum absolute atomic E-state index is 0.179. The molecule has 0 heterocycles. The highest BCUT2D eigenvalue weighted by atomic mass is 35.5. The van der Waals surface area contributed by atoms with E-state index in [1.165, 1.54) is 0 Å². The van der Waals surface area contributed by atoms with Crippen molar-refractivity contribution in [2.75, 3.05) is 13.2 Å². The number of carbonyl (C=O) groups excluding carboxylic acids is 1. The summed E-state index contributed by atoms with van der Waals surface area (Å²) in [6.45, 7) is 7.41. The predicted molar refractivity (Wildman–Crippen MR) is 91.6 cm³/mol. The van der Waals surface area contributed by atoms with Crippen LogP contribution in [0.1, 0.15) is 32.8 Å². The Morgan fingerprint density at radius 2 is 2.00 bits per heavy atom. The van der Waals surface area contributed by atoms with Crippen molar-refractivity contribution >= 4 is 23.5 Å². The van der Waals surface area contributed by atoms with Crippen LogP contribution >= 0.6 is 11.6 Å². The van der Waals surface area contributed by atoms with Crippen LogP contribution in [0.15, 0.2) is 18.2 Å². The summed E-state index contributed by atoms with van der Waals surface area (Å²) < 4.78 is 10.9. The fourth-order valence-electron chi connectivity index (χ4n) is 1.89. The molecule has 134 valence electrons. The van der Waals surface area contributed by atoms with Crippen molar-refractivity contribution in [3.8, 4) is 5.75 Å². The summed E-state index contributed by atoms with van der Waals surface area (Å²) in [5.74, 6) is -1.09. The second kappa shape index (κ2) is 8.89. The zero-order valence-corrected chi connectivity index (χ0v) is 15.1. The lowest BCUT2D eigenvalue weighted by atomic mass is 10.2. The van der Waals surface area contributed by atoms with E-state index in [-0.39, 0.29) is 25.2 Å². The number of aliphatic carboxylic acids is 1. The van der Waals surface area contributed by atoms with Crippen molar-refractivity contribution in [2.45, 2.75) is 45.8 Å². The van der Waals surface area contributed by atoms with Gasteiger partial charge in [0.1, 0.15) is 11.8 Å². The van der Waals surface area contributed by atoms with E-state index < -0.39 is 17.9 Å². The van der Waals surface area contributed by atoms with Crippen molar-refractivity contribution in [2.24, 2.45) is 0 Å². The van der Waals surface area contributed by atoms with Gasteiger partial charge in [0, 0.05) is 18.1 Å². The van der Waals surface area contributed by atoms with Gasteiger partial charge < -0.3 is 19.9 Å². The van der Waals surface area contributed by atoms with Crippen LogP contribution in [-0.4, -0.2) is 41.8 Å². The molecule has 0 aromatic heterocycles. The molecule has 1 amide bonds. The molecule has 0 aliphatic carbocycles. The first-order valence-corrected chi connectivity index (χ1v) is 8.01. The van der Waals surface area contributed by atoms with Crippen LogP contribution < -0.4 is 10.1 Å². The summed E-state index contributed by atoms with van der Waals surface area (Å²) in [5.41, 5.74) is 0.436. The Morgan fingerprint density at radius 1 is 1.33 bits per heavy atom. The van der Waals surface area contributed by atoms with E-state index in [4.69, 9.17) is 21.1 Å². The Kier molecular flexibility index (Phi) is 7.51. The third-order valence-electron chi connectivity index (χ3n) is 3.07. The smallest absolute Gasteiger partial charge is 0.326 e. The second-order valence-corrected chi connectivity index (χ2v) is 6.84. The fraction of sp³-hybridized carbons (Fsp3) is 0.529. The van der Waals surface area contributed by atoms with Crippen LogP contribution in [0.2, 0.25) is 5.02 Å². The number of carbonyl (C=O) groups is 2. The van der Waals surface area contributed by atoms with E-state index in [1.54, 1.807) is 18.2 Å². The number of carboxylic acids is 1. The van der Waals surface area contributed by atoms with Crippen LogP contribution in [0.5, 0.6) is 5.75 Å². The highest BCUT2D eigenvalue weighted by Gasteiger charge is 2.21. The van der Waals surface area contributed by atoms with Gasteiger partial charge in [-0.05, 0) is 51.5 Å². The molecule has 1 aromatic rings. The first-order chi connectivity index (χ1) is 11.1. The van der Waals surface area contributed by atoms with Gasteiger partial charge in [0.25, 0.3) is 5.91 Å². The molecule has 1 aromatic carbocycles.